The maximum absolute atomic E-state index is 12.4. The predicted octanol–water partition coefficient (Wildman–Crippen LogP) is 3.87. The number of nitrogens with one attached hydrogen (secondary N) is 1. The van der Waals surface area contributed by atoms with Crippen LogP contribution in [0.2, 0.25) is 5.15 Å². The second kappa shape index (κ2) is 6.98. The summed E-state index contributed by atoms with van der Waals surface area (Å²) in [6.07, 6.45) is 0.812. The molecule has 0 radical (unpaired) electrons. The summed E-state index contributed by atoms with van der Waals surface area (Å²) in [5, 5.41) is 9.66. The monoisotopic (exact) mass is 345 g/mol. The third kappa shape index (κ3) is 3.46. The minimum Gasteiger partial charge on any atom is -0.352 e. The van der Waals surface area contributed by atoms with Crippen LogP contribution in [0.5, 0.6) is 0 Å². The molecule has 0 aliphatic heterocycles. The Morgan fingerprint density at radius 2 is 2.04 bits per heavy atom. The van der Waals surface area contributed by atoms with Crippen molar-refractivity contribution in [1.82, 2.24) is 15.1 Å². The quantitative estimate of drug-likeness (QED) is 0.763. The van der Waals surface area contributed by atoms with Gasteiger partial charge in [-0.3, -0.25) is 4.79 Å². The van der Waals surface area contributed by atoms with Crippen molar-refractivity contribution in [2.24, 2.45) is 0 Å². The molecule has 6 heteroatoms. The molecule has 3 rings (SSSR count). The lowest BCUT2D eigenvalue weighted by molar-refractivity contribution is 0.0954. The molecular weight excluding hydrogens is 330 g/mol. The molecule has 2 aromatic heterocycles. The lowest BCUT2D eigenvalue weighted by Gasteiger charge is -2.05. The number of para-hydroxylation sites is 1. The molecule has 1 aromatic carbocycles. The van der Waals surface area contributed by atoms with Crippen molar-refractivity contribution in [2.45, 2.75) is 13.3 Å². The Bertz CT molecular complexity index is 797. The zero-order valence-corrected chi connectivity index (χ0v) is 14.2. The van der Waals surface area contributed by atoms with Gasteiger partial charge in [0.15, 0.2) is 0 Å². The summed E-state index contributed by atoms with van der Waals surface area (Å²) in [5.41, 5.74) is 1.88. The Labute approximate surface area is 143 Å². The van der Waals surface area contributed by atoms with Gasteiger partial charge in [0, 0.05) is 11.4 Å². The zero-order chi connectivity index (χ0) is 16.2. The van der Waals surface area contributed by atoms with Crippen LogP contribution in [0, 0.1) is 6.92 Å². The molecule has 0 fully saturated rings. The number of carbonyl (C=O) groups is 1. The molecule has 0 saturated heterocycles. The Hall–Kier alpha value is -2.11. The van der Waals surface area contributed by atoms with E-state index in [9.17, 15) is 4.79 Å². The highest BCUT2D eigenvalue weighted by molar-refractivity contribution is 7.09. The summed E-state index contributed by atoms with van der Waals surface area (Å²) in [6, 6.07) is 13.6. The van der Waals surface area contributed by atoms with Crippen LogP contribution in [-0.2, 0) is 6.42 Å². The summed E-state index contributed by atoms with van der Waals surface area (Å²) in [7, 11) is 0. The Balaban J connectivity index is 1.74. The molecule has 0 aliphatic carbocycles. The summed E-state index contributed by atoms with van der Waals surface area (Å²) in [6.45, 7) is 2.37. The van der Waals surface area contributed by atoms with Gasteiger partial charge < -0.3 is 5.32 Å². The molecule has 0 aliphatic rings. The molecule has 0 atom stereocenters. The highest BCUT2D eigenvalue weighted by Crippen LogP contribution is 2.23. The number of aryl methyl sites for hydroxylation is 1. The van der Waals surface area contributed by atoms with E-state index in [-0.39, 0.29) is 5.91 Å². The van der Waals surface area contributed by atoms with Crippen molar-refractivity contribution in [3.05, 3.63) is 69.1 Å². The van der Waals surface area contributed by atoms with Gasteiger partial charge in [0.05, 0.1) is 16.9 Å². The summed E-state index contributed by atoms with van der Waals surface area (Å²) in [5.74, 6) is -0.189. The summed E-state index contributed by atoms with van der Waals surface area (Å²) < 4.78 is 1.59. The summed E-state index contributed by atoms with van der Waals surface area (Å²) >= 11 is 8.06. The normalized spacial score (nSPS) is 10.7. The van der Waals surface area contributed by atoms with Gasteiger partial charge in [-0.1, -0.05) is 35.9 Å². The van der Waals surface area contributed by atoms with E-state index in [2.05, 4.69) is 16.5 Å². The van der Waals surface area contributed by atoms with Crippen molar-refractivity contribution >= 4 is 28.8 Å². The van der Waals surface area contributed by atoms with Gasteiger partial charge in [-0.25, -0.2) is 4.68 Å². The molecule has 4 nitrogen and oxygen atoms in total. The number of halogens is 1. The number of thiophene rings is 1. The Morgan fingerprint density at radius 1 is 1.26 bits per heavy atom. The van der Waals surface area contributed by atoms with Crippen LogP contribution in [0.4, 0.5) is 0 Å². The van der Waals surface area contributed by atoms with Crippen LogP contribution in [0.15, 0.2) is 47.8 Å². The van der Waals surface area contributed by atoms with E-state index in [0.717, 1.165) is 12.1 Å². The fourth-order valence-electron chi connectivity index (χ4n) is 2.34. The van der Waals surface area contributed by atoms with Crippen LogP contribution in [0.25, 0.3) is 5.69 Å². The average molecular weight is 346 g/mol. The molecule has 23 heavy (non-hydrogen) atoms. The first-order valence-corrected chi connectivity index (χ1v) is 8.53. The predicted molar refractivity (Wildman–Crippen MR) is 93.7 cm³/mol. The molecule has 118 valence electrons. The van der Waals surface area contributed by atoms with Gasteiger partial charge in [0.1, 0.15) is 5.15 Å². The van der Waals surface area contributed by atoms with Gasteiger partial charge in [0.2, 0.25) is 0 Å². The van der Waals surface area contributed by atoms with Crippen LogP contribution in [0.1, 0.15) is 20.9 Å². The first-order chi connectivity index (χ1) is 11.2. The number of aromatic nitrogens is 2. The van der Waals surface area contributed by atoms with Gasteiger partial charge in [-0.2, -0.15) is 5.10 Å². The maximum atomic E-state index is 12.4. The molecule has 0 unspecified atom stereocenters. The molecular formula is C17H16ClN3OS. The summed E-state index contributed by atoms with van der Waals surface area (Å²) in [4.78, 5) is 13.7. The minimum atomic E-state index is -0.189. The lowest BCUT2D eigenvalue weighted by Crippen LogP contribution is -2.26. The second-order valence-corrected chi connectivity index (χ2v) is 6.47. The lowest BCUT2D eigenvalue weighted by atomic mass is 10.2. The topological polar surface area (TPSA) is 46.9 Å². The van der Waals surface area contributed by atoms with E-state index in [1.54, 1.807) is 22.9 Å². The van der Waals surface area contributed by atoms with E-state index in [1.807, 2.05) is 41.8 Å². The van der Waals surface area contributed by atoms with Crippen molar-refractivity contribution in [3.63, 3.8) is 0 Å². The Morgan fingerprint density at radius 3 is 2.74 bits per heavy atom. The molecule has 0 bridgehead atoms. The molecule has 0 saturated carbocycles. The third-order valence-corrected chi connectivity index (χ3v) is 4.75. The van der Waals surface area contributed by atoms with Crippen molar-refractivity contribution in [1.29, 1.82) is 0 Å². The van der Waals surface area contributed by atoms with E-state index in [0.29, 0.717) is 23.0 Å². The number of benzene rings is 1. The van der Waals surface area contributed by atoms with E-state index >= 15 is 0 Å². The van der Waals surface area contributed by atoms with E-state index in [1.165, 1.54) is 4.88 Å². The van der Waals surface area contributed by atoms with Crippen LogP contribution >= 0.6 is 22.9 Å². The van der Waals surface area contributed by atoms with Gasteiger partial charge >= 0.3 is 0 Å². The van der Waals surface area contributed by atoms with Crippen LogP contribution < -0.4 is 5.32 Å². The molecule has 0 spiro atoms. The van der Waals surface area contributed by atoms with Gasteiger partial charge in [0.25, 0.3) is 5.91 Å². The average Bonchev–Trinajstić information content (AvgIpc) is 3.16. The number of hydrogen-bond acceptors (Lipinski definition) is 3. The molecule has 1 N–H and O–H groups in total. The first-order valence-electron chi connectivity index (χ1n) is 7.28. The highest BCUT2D eigenvalue weighted by atomic mass is 35.5. The largest absolute Gasteiger partial charge is 0.352 e. The SMILES string of the molecule is Cc1nn(-c2ccccc2)c(Cl)c1C(=O)NCCc1cccs1. The number of carbonyl (C=O) groups excluding carboxylic acids is 1. The minimum absolute atomic E-state index is 0.189. The first kappa shape index (κ1) is 15.8. The standard InChI is InChI=1S/C17H16ClN3OS/c1-12-15(17(22)19-10-9-14-8-5-11-23-14)16(18)21(20-12)13-6-3-2-4-7-13/h2-8,11H,9-10H2,1H3,(H,19,22). The van der Waals surface area contributed by atoms with Crippen LogP contribution in [0.3, 0.4) is 0 Å². The van der Waals surface area contributed by atoms with Crippen LogP contribution in [-0.4, -0.2) is 22.2 Å². The number of hydrogen-bond donors (Lipinski definition) is 1. The van der Waals surface area contributed by atoms with Gasteiger partial charge in [-0.05, 0) is 36.9 Å². The highest BCUT2D eigenvalue weighted by Gasteiger charge is 2.20. The Kier molecular flexibility index (Phi) is 4.79. The van der Waals surface area contributed by atoms with Crippen molar-refractivity contribution in [3.8, 4) is 5.69 Å². The van der Waals surface area contributed by atoms with Crippen molar-refractivity contribution < 1.29 is 4.79 Å². The van der Waals surface area contributed by atoms with Crippen molar-refractivity contribution in [2.75, 3.05) is 6.54 Å². The third-order valence-electron chi connectivity index (χ3n) is 3.47. The number of rotatable bonds is 5. The number of nitrogens with zero attached hydrogens (tertiary/aromatic N) is 2. The number of amides is 1. The smallest absolute Gasteiger partial charge is 0.256 e. The second-order valence-electron chi connectivity index (χ2n) is 5.08. The van der Waals surface area contributed by atoms with Gasteiger partial charge in [-0.15, -0.1) is 11.3 Å². The molecule has 1 amide bonds. The molecule has 3 aromatic rings. The fourth-order valence-corrected chi connectivity index (χ4v) is 3.41. The van der Waals surface area contributed by atoms with E-state index < -0.39 is 0 Å². The maximum Gasteiger partial charge on any atom is 0.256 e. The van der Waals surface area contributed by atoms with E-state index in [4.69, 9.17) is 11.6 Å². The zero-order valence-electron chi connectivity index (χ0n) is 12.6. The molecule has 2 heterocycles. The fraction of sp³-hybridized carbons (Fsp3) is 0.176.